The van der Waals surface area contributed by atoms with E-state index in [-0.39, 0.29) is 10.7 Å². The summed E-state index contributed by atoms with van der Waals surface area (Å²) in [6.07, 6.45) is 2.12. The molecule has 2 N–H and O–H groups in total. The number of nitrogens with zero attached hydrogens (tertiary/aromatic N) is 2. The fourth-order valence-electron chi connectivity index (χ4n) is 1.29. The molecule has 1 rings (SSSR count). The van der Waals surface area contributed by atoms with E-state index in [9.17, 15) is 8.42 Å². The lowest BCUT2D eigenvalue weighted by molar-refractivity contribution is 0.257. The van der Waals surface area contributed by atoms with Crippen molar-refractivity contribution in [3.63, 3.8) is 0 Å². The van der Waals surface area contributed by atoms with Gasteiger partial charge in [-0.1, -0.05) is 6.92 Å². The predicted octanol–water partition coefficient (Wildman–Crippen LogP) is 1.47. The molecule has 17 heavy (non-hydrogen) atoms. The van der Waals surface area contributed by atoms with E-state index in [4.69, 9.17) is 5.73 Å². The monoisotopic (exact) mass is 257 g/mol. The van der Waals surface area contributed by atoms with Crippen LogP contribution >= 0.6 is 0 Å². The van der Waals surface area contributed by atoms with Gasteiger partial charge in [0.2, 0.25) is 10.0 Å². The molecule has 0 atom stereocenters. The van der Waals surface area contributed by atoms with Gasteiger partial charge in [-0.3, -0.25) is 0 Å². The highest BCUT2D eigenvalue weighted by Gasteiger charge is 2.32. The minimum atomic E-state index is -3.52. The first-order chi connectivity index (χ1) is 7.71. The zero-order chi connectivity index (χ0) is 13.3. The Hall–Kier alpha value is -1.14. The van der Waals surface area contributed by atoms with E-state index in [1.165, 1.54) is 22.6 Å². The van der Waals surface area contributed by atoms with Gasteiger partial charge in [0.15, 0.2) is 0 Å². The van der Waals surface area contributed by atoms with Gasteiger partial charge in [-0.05, 0) is 26.3 Å². The number of nitrogen functional groups attached to an aromatic ring is 1. The molecule has 0 spiro atoms. The summed E-state index contributed by atoms with van der Waals surface area (Å²) in [5.74, 6) is 0.203. The van der Waals surface area contributed by atoms with Crippen LogP contribution in [0.3, 0.4) is 0 Å². The Morgan fingerprint density at radius 1 is 1.47 bits per heavy atom. The highest BCUT2D eigenvalue weighted by atomic mass is 32.2. The lowest BCUT2D eigenvalue weighted by Gasteiger charge is -2.33. The van der Waals surface area contributed by atoms with Crippen molar-refractivity contribution >= 4 is 15.8 Å². The standard InChI is InChI=1S/C11H19N3O2S/c1-5-11(2,3)14(4)17(15,16)9-6-7-13-10(12)8-9/h6-8H,5H2,1-4H3,(H2,12,13). The SMILES string of the molecule is CCC(C)(C)N(C)S(=O)(=O)c1ccnc(N)c1. The molecule has 5 nitrogen and oxygen atoms in total. The quantitative estimate of drug-likeness (QED) is 0.886. The Morgan fingerprint density at radius 2 is 2.06 bits per heavy atom. The van der Waals surface area contributed by atoms with E-state index < -0.39 is 15.6 Å². The van der Waals surface area contributed by atoms with Crippen molar-refractivity contribution in [2.75, 3.05) is 12.8 Å². The van der Waals surface area contributed by atoms with Crippen molar-refractivity contribution in [2.45, 2.75) is 37.6 Å². The van der Waals surface area contributed by atoms with Crippen molar-refractivity contribution in [3.05, 3.63) is 18.3 Å². The molecule has 0 saturated carbocycles. The van der Waals surface area contributed by atoms with Crippen LogP contribution < -0.4 is 5.73 Å². The van der Waals surface area contributed by atoms with Gasteiger partial charge >= 0.3 is 0 Å². The van der Waals surface area contributed by atoms with Crippen LogP contribution in [0.25, 0.3) is 0 Å². The maximum atomic E-state index is 12.3. The first-order valence-corrected chi connectivity index (χ1v) is 6.86. The molecule has 0 bridgehead atoms. The molecule has 0 fully saturated rings. The Labute approximate surface area is 103 Å². The summed E-state index contributed by atoms with van der Waals surface area (Å²) in [6.45, 7) is 5.72. The Bertz CT molecular complexity index is 497. The van der Waals surface area contributed by atoms with Crippen LogP contribution in [0.1, 0.15) is 27.2 Å². The molecule has 0 unspecified atom stereocenters. The molecule has 0 aromatic carbocycles. The molecule has 1 aromatic rings. The number of rotatable bonds is 4. The number of aromatic nitrogens is 1. The number of pyridine rings is 1. The number of hydrogen-bond donors (Lipinski definition) is 1. The maximum Gasteiger partial charge on any atom is 0.243 e. The molecular weight excluding hydrogens is 238 g/mol. The van der Waals surface area contributed by atoms with E-state index >= 15 is 0 Å². The van der Waals surface area contributed by atoms with Crippen LogP contribution in [0.5, 0.6) is 0 Å². The molecule has 0 aliphatic carbocycles. The van der Waals surface area contributed by atoms with Gasteiger partial charge in [-0.15, -0.1) is 0 Å². The summed E-state index contributed by atoms with van der Waals surface area (Å²) < 4.78 is 26.0. The number of anilines is 1. The largest absolute Gasteiger partial charge is 0.384 e. The topological polar surface area (TPSA) is 76.3 Å². The molecule has 0 saturated heterocycles. The van der Waals surface area contributed by atoms with Gasteiger partial charge in [0, 0.05) is 24.8 Å². The Kier molecular flexibility index (Phi) is 3.78. The second-order valence-corrected chi connectivity index (χ2v) is 6.52. The summed E-state index contributed by atoms with van der Waals surface area (Å²) in [6, 6.07) is 2.82. The lowest BCUT2D eigenvalue weighted by atomic mass is 10.0. The van der Waals surface area contributed by atoms with Gasteiger partial charge in [-0.2, -0.15) is 4.31 Å². The van der Waals surface area contributed by atoms with Crippen molar-refractivity contribution < 1.29 is 8.42 Å². The van der Waals surface area contributed by atoms with Crippen molar-refractivity contribution in [1.82, 2.24) is 9.29 Å². The second-order valence-electron chi connectivity index (χ2n) is 4.55. The molecule has 96 valence electrons. The van der Waals surface area contributed by atoms with E-state index in [0.29, 0.717) is 0 Å². The normalized spacial score (nSPS) is 13.0. The van der Waals surface area contributed by atoms with Crippen LogP contribution in [-0.2, 0) is 10.0 Å². The Morgan fingerprint density at radius 3 is 2.53 bits per heavy atom. The van der Waals surface area contributed by atoms with Gasteiger partial charge in [0.25, 0.3) is 0 Å². The fraction of sp³-hybridized carbons (Fsp3) is 0.545. The molecule has 0 amide bonds. The van der Waals surface area contributed by atoms with E-state index in [0.717, 1.165) is 6.42 Å². The average Bonchev–Trinajstić information content (AvgIpc) is 2.28. The predicted molar refractivity (Wildman–Crippen MR) is 68.0 cm³/mol. The van der Waals surface area contributed by atoms with Gasteiger partial charge in [0.1, 0.15) is 5.82 Å². The highest BCUT2D eigenvalue weighted by molar-refractivity contribution is 7.89. The van der Waals surface area contributed by atoms with Crippen molar-refractivity contribution in [3.8, 4) is 0 Å². The zero-order valence-electron chi connectivity index (χ0n) is 10.6. The van der Waals surface area contributed by atoms with Gasteiger partial charge in [-0.25, -0.2) is 13.4 Å². The van der Waals surface area contributed by atoms with Gasteiger partial charge < -0.3 is 5.73 Å². The van der Waals surface area contributed by atoms with E-state index in [2.05, 4.69) is 4.98 Å². The summed E-state index contributed by atoms with van der Waals surface area (Å²) >= 11 is 0. The minimum absolute atomic E-state index is 0.175. The first-order valence-electron chi connectivity index (χ1n) is 5.42. The molecule has 0 radical (unpaired) electrons. The minimum Gasteiger partial charge on any atom is -0.384 e. The molecule has 0 aliphatic heterocycles. The van der Waals surface area contributed by atoms with Crippen LogP contribution in [0.15, 0.2) is 23.2 Å². The third-order valence-electron chi connectivity index (χ3n) is 3.13. The highest BCUT2D eigenvalue weighted by Crippen LogP contribution is 2.25. The molecule has 6 heteroatoms. The van der Waals surface area contributed by atoms with Crippen LogP contribution in [0, 0.1) is 0 Å². The lowest BCUT2D eigenvalue weighted by Crippen LogP contribution is -2.44. The smallest absolute Gasteiger partial charge is 0.243 e. The maximum absolute atomic E-state index is 12.3. The average molecular weight is 257 g/mol. The summed E-state index contributed by atoms with van der Waals surface area (Å²) in [5.41, 5.74) is 5.07. The molecular formula is C11H19N3O2S. The third-order valence-corrected chi connectivity index (χ3v) is 5.19. The van der Waals surface area contributed by atoms with Crippen LogP contribution in [0.2, 0.25) is 0 Å². The Balaban J connectivity index is 3.21. The molecule has 1 heterocycles. The molecule has 1 aromatic heterocycles. The van der Waals surface area contributed by atoms with Crippen molar-refractivity contribution in [2.24, 2.45) is 0 Å². The van der Waals surface area contributed by atoms with Gasteiger partial charge in [0.05, 0.1) is 4.90 Å². The molecule has 0 aliphatic rings. The summed E-state index contributed by atoms with van der Waals surface area (Å²) in [4.78, 5) is 3.96. The number of nitrogens with two attached hydrogens (primary N) is 1. The summed E-state index contributed by atoms with van der Waals surface area (Å²) in [5, 5.41) is 0. The summed E-state index contributed by atoms with van der Waals surface area (Å²) in [7, 11) is -1.94. The van der Waals surface area contributed by atoms with Crippen LogP contribution in [-0.4, -0.2) is 30.3 Å². The van der Waals surface area contributed by atoms with Crippen molar-refractivity contribution in [1.29, 1.82) is 0 Å². The zero-order valence-corrected chi connectivity index (χ0v) is 11.5. The third kappa shape index (κ3) is 2.76. The number of hydrogen-bond acceptors (Lipinski definition) is 4. The van der Waals surface area contributed by atoms with E-state index in [1.807, 2.05) is 20.8 Å². The number of sulfonamides is 1. The first kappa shape index (κ1) is 13.9. The van der Waals surface area contributed by atoms with E-state index in [1.54, 1.807) is 7.05 Å². The fourth-order valence-corrected chi connectivity index (χ4v) is 2.89. The van der Waals surface area contributed by atoms with Crippen LogP contribution in [0.4, 0.5) is 5.82 Å². The second kappa shape index (κ2) is 4.62.